The van der Waals surface area contributed by atoms with Gasteiger partial charge in [-0.25, -0.2) is 0 Å². The summed E-state index contributed by atoms with van der Waals surface area (Å²) in [6, 6.07) is 12.0. The van der Waals surface area contributed by atoms with Gasteiger partial charge in [0.2, 0.25) is 0 Å². The monoisotopic (exact) mass is 670 g/mol. The fraction of sp³-hybridized carbons (Fsp3) is 0.536. The minimum Gasteiger partial charge on any atom is -1.00 e. The predicted octanol–water partition coefficient (Wildman–Crippen LogP) is 3.69. The Morgan fingerprint density at radius 2 is 1.29 bits per heavy atom. The molecular formula is C28H40BrIMgO4. The van der Waals surface area contributed by atoms with Crippen LogP contribution in [0.1, 0.15) is 83.3 Å². The van der Waals surface area contributed by atoms with E-state index in [9.17, 15) is 10.2 Å². The number of benzene rings is 2. The SMILES string of the molecule is CC(C)(C)Cc1ccc2c(c1)[C@H](O)CCO2.O[C@@H]1CCOc2ccc(I)cc21.[Br-].[CH2-]C(C)(C)C.[Mg+2]. The third-order valence-electron chi connectivity index (χ3n) is 4.80. The number of ether oxygens (including phenoxy) is 2. The van der Waals surface area contributed by atoms with E-state index in [1.807, 2.05) is 24.3 Å². The molecule has 2 aromatic carbocycles. The molecule has 0 bridgehead atoms. The van der Waals surface area contributed by atoms with Gasteiger partial charge in [0.25, 0.3) is 0 Å². The van der Waals surface area contributed by atoms with Crippen molar-refractivity contribution in [2.45, 2.75) is 73.0 Å². The summed E-state index contributed by atoms with van der Waals surface area (Å²) in [7, 11) is 0. The molecule has 0 unspecified atom stereocenters. The van der Waals surface area contributed by atoms with Gasteiger partial charge in [-0.1, -0.05) is 47.6 Å². The van der Waals surface area contributed by atoms with Gasteiger partial charge < -0.3 is 43.6 Å². The van der Waals surface area contributed by atoms with Crippen molar-refractivity contribution in [1.29, 1.82) is 0 Å². The van der Waals surface area contributed by atoms with Crippen LogP contribution in [0.15, 0.2) is 36.4 Å². The summed E-state index contributed by atoms with van der Waals surface area (Å²) in [5.74, 6) is 1.67. The summed E-state index contributed by atoms with van der Waals surface area (Å²) in [4.78, 5) is 0. The van der Waals surface area contributed by atoms with E-state index in [2.05, 4.69) is 83.2 Å². The number of fused-ring (bicyclic) bond motifs is 2. The molecule has 4 rings (SSSR count). The first-order valence-electron chi connectivity index (χ1n) is 11.6. The molecule has 2 atom stereocenters. The molecule has 7 heteroatoms. The summed E-state index contributed by atoms with van der Waals surface area (Å²) in [6.07, 6.45) is 1.72. The Morgan fingerprint density at radius 3 is 1.74 bits per heavy atom. The normalized spacial score (nSPS) is 18.2. The maximum Gasteiger partial charge on any atom is 2.00 e. The van der Waals surface area contributed by atoms with Gasteiger partial charge in [0.05, 0.1) is 25.4 Å². The first kappa shape index (κ1) is 34.9. The van der Waals surface area contributed by atoms with Gasteiger partial charge in [-0.15, -0.1) is 0 Å². The predicted molar refractivity (Wildman–Crippen MR) is 149 cm³/mol. The summed E-state index contributed by atoms with van der Waals surface area (Å²) < 4.78 is 12.0. The Morgan fingerprint density at radius 1 is 0.857 bits per heavy atom. The van der Waals surface area contributed by atoms with Crippen LogP contribution in [0, 0.1) is 21.3 Å². The topological polar surface area (TPSA) is 58.9 Å². The number of aliphatic hydroxyl groups excluding tert-OH is 2. The maximum absolute atomic E-state index is 9.90. The Kier molecular flexibility index (Phi) is 15.3. The molecule has 0 spiro atoms. The smallest absolute Gasteiger partial charge is 1.00 e. The fourth-order valence-corrected chi connectivity index (χ4v) is 4.01. The summed E-state index contributed by atoms with van der Waals surface area (Å²) >= 11 is 2.23. The molecule has 2 aliphatic rings. The fourth-order valence-electron chi connectivity index (χ4n) is 3.50. The van der Waals surface area contributed by atoms with Gasteiger partial charge in [-0.2, -0.15) is 5.41 Å². The molecule has 0 aliphatic carbocycles. The largest absolute Gasteiger partial charge is 2.00 e. The number of hydrogen-bond donors (Lipinski definition) is 2. The summed E-state index contributed by atoms with van der Waals surface area (Å²) in [5, 5.41) is 19.5. The number of rotatable bonds is 1. The quantitative estimate of drug-likeness (QED) is 0.276. The van der Waals surface area contributed by atoms with Crippen molar-refractivity contribution in [3.8, 4) is 11.5 Å². The maximum atomic E-state index is 9.90. The molecule has 0 fully saturated rings. The molecule has 35 heavy (non-hydrogen) atoms. The minimum atomic E-state index is -0.358. The van der Waals surface area contributed by atoms with Gasteiger partial charge in [-0.3, -0.25) is 0 Å². The second kappa shape index (κ2) is 15.4. The third kappa shape index (κ3) is 13.3. The van der Waals surface area contributed by atoms with Crippen LogP contribution in [-0.4, -0.2) is 46.5 Å². The van der Waals surface area contributed by atoms with Gasteiger partial charge in [0, 0.05) is 27.5 Å². The van der Waals surface area contributed by atoms with E-state index >= 15 is 0 Å². The van der Waals surface area contributed by atoms with Crippen LogP contribution in [-0.2, 0) is 6.42 Å². The molecule has 2 aromatic rings. The molecule has 0 amide bonds. The van der Waals surface area contributed by atoms with Crippen LogP contribution in [0.3, 0.4) is 0 Å². The van der Waals surface area contributed by atoms with Crippen molar-refractivity contribution >= 4 is 45.6 Å². The van der Waals surface area contributed by atoms with Crippen molar-refractivity contribution < 1.29 is 36.7 Å². The van der Waals surface area contributed by atoms with Gasteiger partial charge in [-0.05, 0) is 70.3 Å². The van der Waals surface area contributed by atoms with Crippen molar-refractivity contribution in [3.63, 3.8) is 0 Å². The van der Waals surface area contributed by atoms with Crippen LogP contribution >= 0.6 is 22.6 Å². The zero-order chi connectivity index (χ0) is 24.8. The average Bonchev–Trinajstić information content (AvgIpc) is 2.67. The molecule has 2 N–H and O–H groups in total. The van der Waals surface area contributed by atoms with Gasteiger partial charge in [0.1, 0.15) is 11.5 Å². The van der Waals surface area contributed by atoms with Crippen LogP contribution < -0.4 is 26.5 Å². The number of aliphatic hydroxyl groups is 2. The zero-order valence-electron chi connectivity index (χ0n) is 22.0. The van der Waals surface area contributed by atoms with E-state index in [-0.39, 0.29) is 63.1 Å². The molecular weight excluding hydrogens is 631 g/mol. The minimum absolute atomic E-state index is 0. The van der Waals surface area contributed by atoms with E-state index in [4.69, 9.17) is 9.47 Å². The zero-order valence-corrected chi connectivity index (χ0v) is 27.2. The van der Waals surface area contributed by atoms with Crippen LogP contribution in [0.5, 0.6) is 11.5 Å². The Balaban J connectivity index is 0.000000542. The summed E-state index contributed by atoms with van der Waals surface area (Å²) in [5.41, 5.74) is 3.67. The van der Waals surface area contributed by atoms with E-state index in [1.54, 1.807) is 0 Å². The Hall–Kier alpha value is -0.0638. The molecule has 0 saturated carbocycles. The van der Waals surface area contributed by atoms with Crippen LogP contribution in [0.2, 0.25) is 0 Å². The van der Waals surface area contributed by atoms with Crippen LogP contribution in [0.25, 0.3) is 0 Å². The number of hydrogen-bond acceptors (Lipinski definition) is 4. The van der Waals surface area contributed by atoms with E-state index in [0.717, 1.165) is 32.6 Å². The van der Waals surface area contributed by atoms with Crippen molar-refractivity contribution in [2.24, 2.45) is 10.8 Å². The second-order valence-corrected chi connectivity index (χ2v) is 12.4. The Labute approximate surface area is 252 Å². The second-order valence-electron chi connectivity index (χ2n) is 11.2. The van der Waals surface area contributed by atoms with Crippen molar-refractivity contribution in [3.05, 3.63) is 63.6 Å². The van der Waals surface area contributed by atoms with E-state index < -0.39 is 0 Å². The molecule has 2 heterocycles. The first-order valence-corrected chi connectivity index (χ1v) is 12.7. The molecule has 192 valence electrons. The van der Waals surface area contributed by atoms with Gasteiger partial charge >= 0.3 is 23.1 Å². The molecule has 0 aromatic heterocycles. The number of halogens is 2. The van der Waals surface area contributed by atoms with Gasteiger partial charge in [0.15, 0.2) is 0 Å². The van der Waals surface area contributed by atoms with Crippen molar-refractivity contribution in [1.82, 2.24) is 0 Å². The summed E-state index contributed by atoms with van der Waals surface area (Å²) in [6.45, 7) is 17.9. The Bertz CT molecular complexity index is 903. The molecule has 2 aliphatic heterocycles. The third-order valence-corrected chi connectivity index (χ3v) is 5.47. The standard InChI is InChI=1S/C14H20O2.C9H9IO2.C5H11.BrH.Mg/c1-14(2,3)9-10-4-5-13-11(8-10)12(15)6-7-16-13;10-6-1-2-9-7(5-6)8(11)3-4-12-9;1-5(2,3)4;;/h4-5,8,12,15H,6-7,9H2,1-3H3;1-2,5,8,11H,3-4H2;1H2,2-4H3;1H;/q;;-1;;+2/p-1/t12-;8-;;;/m11.../s1. The van der Waals surface area contributed by atoms with E-state index in [1.165, 1.54) is 5.56 Å². The van der Waals surface area contributed by atoms with Crippen molar-refractivity contribution in [2.75, 3.05) is 13.2 Å². The molecule has 0 saturated heterocycles. The molecule has 0 radical (unpaired) electrons. The first-order chi connectivity index (χ1) is 15.2. The van der Waals surface area contributed by atoms with E-state index in [0.29, 0.717) is 26.1 Å². The molecule has 4 nitrogen and oxygen atoms in total. The average molecular weight is 672 g/mol. The van der Waals surface area contributed by atoms with Crippen LogP contribution in [0.4, 0.5) is 0 Å².